The smallest absolute Gasteiger partial charge is 0.317 e. The van der Waals surface area contributed by atoms with Crippen LogP contribution in [-0.4, -0.2) is 62.6 Å². The number of aldehydes is 1. The van der Waals surface area contributed by atoms with Crippen LogP contribution < -0.4 is 20.1 Å². The fourth-order valence-corrected chi connectivity index (χ4v) is 3.25. The summed E-state index contributed by atoms with van der Waals surface area (Å²) in [4.78, 5) is 34.8. The van der Waals surface area contributed by atoms with Gasteiger partial charge in [-0.15, -0.1) is 0 Å². The zero-order chi connectivity index (χ0) is 27.2. The Bertz CT molecular complexity index is 1150. The SMILES string of the molecule is CCN(C)C(=O)NC(C=O)C(O)c1cccc(-c2cccc(OC)c2)c1.COc1ccc(NC=O)cc1. The summed E-state index contributed by atoms with van der Waals surface area (Å²) in [6.45, 7) is 2.32. The predicted octanol–water partition coefficient (Wildman–Crippen LogP) is 3.89. The van der Waals surface area contributed by atoms with Crippen LogP contribution in [0.25, 0.3) is 11.1 Å². The van der Waals surface area contributed by atoms with Crippen molar-refractivity contribution in [2.75, 3.05) is 33.1 Å². The summed E-state index contributed by atoms with van der Waals surface area (Å²) in [5.41, 5.74) is 3.11. The standard InChI is InChI=1S/C20H24N2O4.C8H9NO2/c1-4-22(2)20(25)21-18(13-23)19(24)16-9-5-7-14(11-16)15-8-6-10-17(12-15)26-3;1-11-8-4-2-7(3-5-8)9-6-10/h5-13,18-19,24H,4H2,1-3H3,(H,21,25);2-6H,1H3,(H,9,10). The number of ether oxygens (including phenoxy) is 2. The second kappa shape index (κ2) is 14.9. The molecule has 3 aromatic rings. The van der Waals surface area contributed by atoms with Gasteiger partial charge in [0.15, 0.2) is 0 Å². The van der Waals surface area contributed by atoms with E-state index < -0.39 is 18.2 Å². The number of benzene rings is 3. The van der Waals surface area contributed by atoms with Crippen molar-refractivity contribution in [3.63, 3.8) is 0 Å². The summed E-state index contributed by atoms with van der Waals surface area (Å²) >= 11 is 0. The molecule has 0 aliphatic heterocycles. The van der Waals surface area contributed by atoms with E-state index in [1.165, 1.54) is 4.90 Å². The van der Waals surface area contributed by atoms with E-state index in [9.17, 15) is 19.5 Å². The van der Waals surface area contributed by atoms with Gasteiger partial charge in [0, 0.05) is 19.3 Å². The third kappa shape index (κ3) is 8.66. The van der Waals surface area contributed by atoms with Gasteiger partial charge in [0.1, 0.15) is 29.9 Å². The highest BCUT2D eigenvalue weighted by Gasteiger charge is 2.23. The van der Waals surface area contributed by atoms with E-state index in [0.29, 0.717) is 24.8 Å². The first-order chi connectivity index (χ1) is 17.9. The topological polar surface area (TPSA) is 117 Å². The summed E-state index contributed by atoms with van der Waals surface area (Å²) < 4.78 is 10.2. The molecule has 0 aliphatic rings. The van der Waals surface area contributed by atoms with Crippen molar-refractivity contribution >= 4 is 24.4 Å². The van der Waals surface area contributed by atoms with Crippen molar-refractivity contribution in [2.45, 2.75) is 19.1 Å². The quantitative estimate of drug-likeness (QED) is 0.359. The van der Waals surface area contributed by atoms with Gasteiger partial charge in [-0.25, -0.2) is 4.79 Å². The van der Waals surface area contributed by atoms with Gasteiger partial charge < -0.3 is 34.9 Å². The number of nitrogens with zero attached hydrogens (tertiary/aromatic N) is 1. The molecule has 9 heteroatoms. The molecular weight excluding hydrogens is 474 g/mol. The monoisotopic (exact) mass is 507 g/mol. The van der Waals surface area contributed by atoms with E-state index in [4.69, 9.17) is 9.47 Å². The first kappa shape index (κ1) is 28.9. The van der Waals surface area contributed by atoms with Crippen LogP contribution in [0.5, 0.6) is 11.5 Å². The molecule has 2 unspecified atom stereocenters. The van der Waals surface area contributed by atoms with Crippen LogP contribution in [0.1, 0.15) is 18.6 Å². The molecule has 196 valence electrons. The van der Waals surface area contributed by atoms with E-state index in [2.05, 4.69) is 10.6 Å². The Morgan fingerprint density at radius 1 is 0.946 bits per heavy atom. The molecule has 0 radical (unpaired) electrons. The van der Waals surface area contributed by atoms with Crippen LogP contribution >= 0.6 is 0 Å². The number of aliphatic hydroxyl groups excluding tert-OH is 1. The number of hydrogen-bond acceptors (Lipinski definition) is 6. The van der Waals surface area contributed by atoms with Crippen LogP contribution in [-0.2, 0) is 9.59 Å². The highest BCUT2D eigenvalue weighted by Crippen LogP contribution is 2.27. The molecule has 3 rings (SSSR count). The van der Waals surface area contributed by atoms with E-state index in [1.807, 2.05) is 37.3 Å². The van der Waals surface area contributed by atoms with Crippen molar-refractivity contribution in [1.82, 2.24) is 10.2 Å². The zero-order valence-corrected chi connectivity index (χ0v) is 21.4. The minimum Gasteiger partial charge on any atom is -0.497 e. The maximum absolute atomic E-state index is 12.0. The van der Waals surface area contributed by atoms with Gasteiger partial charge in [-0.2, -0.15) is 0 Å². The molecule has 0 aliphatic carbocycles. The molecule has 3 amide bonds. The summed E-state index contributed by atoms with van der Waals surface area (Å²) in [5, 5.41) is 15.6. The lowest BCUT2D eigenvalue weighted by molar-refractivity contribution is -0.111. The molecule has 2 atom stereocenters. The predicted molar refractivity (Wildman–Crippen MR) is 143 cm³/mol. The highest BCUT2D eigenvalue weighted by atomic mass is 16.5. The van der Waals surface area contributed by atoms with E-state index in [1.54, 1.807) is 63.7 Å². The molecule has 3 N–H and O–H groups in total. The van der Waals surface area contributed by atoms with Crippen molar-refractivity contribution in [1.29, 1.82) is 0 Å². The summed E-state index contributed by atoms with van der Waals surface area (Å²) in [6.07, 6.45) is 0.0406. The van der Waals surface area contributed by atoms with Gasteiger partial charge in [0.05, 0.1) is 14.2 Å². The van der Waals surface area contributed by atoms with Crippen LogP contribution in [0.2, 0.25) is 0 Å². The van der Waals surface area contributed by atoms with Crippen LogP contribution in [0, 0.1) is 0 Å². The Kier molecular flexibility index (Phi) is 11.6. The molecule has 0 saturated heterocycles. The maximum Gasteiger partial charge on any atom is 0.317 e. The fourth-order valence-electron chi connectivity index (χ4n) is 3.25. The van der Waals surface area contributed by atoms with Crippen LogP contribution in [0.15, 0.2) is 72.8 Å². The Labute approximate surface area is 217 Å². The van der Waals surface area contributed by atoms with Crippen LogP contribution in [0.4, 0.5) is 10.5 Å². The molecule has 37 heavy (non-hydrogen) atoms. The first-order valence-corrected chi connectivity index (χ1v) is 11.6. The Morgan fingerprint density at radius 3 is 2.14 bits per heavy atom. The second-order valence-corrected chi connectivity index (χ2v) is 7.92. The van der Waals surface area contributed by atoms with Gasteiger partial charge in [-0.1, -0.05) is 30.3 Å². The molecule has 0 spiro atoms. The lowest BCUT2D eigenvalue weighted by Crippen LogP contribution is -2.46. The van der Waals surface area contributed by atoms with Gasteiger partial charge in [-0.3, -0.25) is 4.79 Å². The maximum atomic E-state index is 12.0. The van der Waals surface area contributed by atoms with E-state index in [0.717, 1.165) is 28.3 Å². The number of nitrogens with one attached hydrogen (secondary N) is 2. The molecule has 0 fully saturated rings. The number of urea groups is 1. The third-order valence-electron chi connectivity index (χ3n) is 5.54. The summed E-state index contributed by atoms with van der Waals surface area (Å²) in [5.74, 6) is 1.51. The fraction of sp³-hybridized carbons (Fsp3) is 0.250. The number of carbonyl (C=O) groups is 3. The van der Waals surface area contributed by atoms with Gasteiger partial charge in [-0.05, 0) is 66.1 Å². The van der Waals surface area contributed by atoms with E-state index >= 15 is 0 Å². The number of amides is 3. The third-order valence-corrected chi connectivity index (χ3v) is 5.54. The Balaban J connectivity index is 0.000000364. The molecular formula is C28H33N3O6. The Morgan fingerprint density at radius 2 is 1.57 bits per heavy atom. The second-order valence-electron chi connectivity index (χ2n) is 7.92. The number of anilines is 1. The van der Waals surface area contributed by atoms with Crippen LogP contribution in [0.3, 0.4) is 0 Å². The lowest BCUT2D eigenvalue weighted by Gasteiger charge is -2.23. The molecule has 0 bridgehead atoms. The van der Waals surface area contributed by atoms with Gasteiger partial charge in [0.2, 0.25) is 6.41 Å². The van der Waals surface area contributed by atoms with Crippen molar-refractivity contribution in [3.8, 4) is 22.6 Å². The van der Waals surface area contributed by atoms with Crippen molar-refractivity contribution in [3.05, 3.63) is 78.4 Å². The minimum absolute atomic E-state index is 0.410. The largest absolute Gasteiger partial charge is 0.497 e. The average molecular weight is 508 g/mol. The van der Waals surface area contributed by atoms with E-state index in [-0.39, 0.29) is 0 Å². The number of aliphatic hydroxyl groups is 1. The minimum atomic E-state index is -1.15. The number of hydrogen-bond donors (Lipinski definition) is 3. The zero-order valence-electron chi connectivity index (χ0n) is 21.4. The summed E-state index contributed by atoms with van der Waals surface area (Å²) in [7, 11) is 4.82. The van der Waals surface area contributed by atoms with Crippen molar-refractivity contribution < 1.29 is 29.0 Å². The van der Waals surface area contributed by atoms with Crippen molar-refractivity contribution in [2.24, 2.45) is 0 Å². The Hall–Kier alpha value is -4.37. The average Bonchev–Trinajstić information content (AvgIpc) is 2.96. The van der Waals surface area contributed by atoms with Gasteiger partial charge >= 0.3 is 6.03 Å². The molecule has 9 nitrogen and oxygen atoms in total. The highest BCUT2D eigenvalue weighted by molar-refractivity contribution is 5.78. The molecule has 3 aromatic carbocycles. The summed E-state index contributed by atoms with van der Waals surface area (Å²) in [6, 6.07) is 20.5. The number of carbonyl (C=O) groups excluding carboxylic acids is 3. The number of rotatable bonds is 10. The lowest BCUT2D eigenvalue weighted by atomic mass is 9.97. The van der Waals surface area contributed by atoms with Gasteiger partial charge in [0.25, 0.3) is 0 Å². The number of methoxy groups -OCH3 is 2. The molecule has 0 saturated carbocycles. The molecule has 0 heterocycles. The first-order valence-electron chi connectivity index (χ1n) is 11.6. The molecule has 0 aromatic heterocycles. The normalized spacial score (nSPS) is 11.6.